The number of β-amino-alcohol motifs (C(OH)–C–C–N with tert-alkyl or cyclic N) is 1. The summed E-state index contributed by atoms with van der Waals surface area (Å²) in [6.45, 7) is 5.51. The number of aryl methyl sites for hydroxylation is 1. The van der Waals surface area contributed by atoms with Gasteiger partial charge in [-0.25, -0.2) is 14.2 Å². The molecule has 0 spiro atoms. The number of halogens is 1. The molecule has 3 aromatic rings. The number of aliphatic hydroxyl groups is 1. The van der Waals surface area contributed by atoms with E-state index in [4.69, 9.17) is 0 Å². The van der Waals surface area contributed by atoms with Crippen LogP contribution in [-0.4, -0.2) is 79.2 Å². The topological polar surface area (TPSA) is 117 Å². The van der Waals surface area contributed by atoms with Crippen molar-refractivity contribution in [3.63, 3.8) is 0 Å². The molecule has 1 aliphatic rings. The van der Waals surface area contributed by atoms with Gasteiger partial charge in [-0.15, -0.1) is 0 Å². The highest BCUT2D eigenvalue weighted by atomic mass is 19.1. The SMILES string of the molecule is CCn1cc(C(=O)O)c(=O)c2cc(F)c(N3CCN(CC(O)Cn4cncn4)CC3)cc21. The molecule has 0 bridgehead atoms. The van der Waals surface area contributed by atoms with E-state index in [1.54, 1.807) is 21.6 Å². The largest absolute Gasteiger partial charge is 0.477 e. The molecule has 0 radical (unpaired) electrons. The predicted octanol–water partition coefficient (Wildman–Crippen LogP) is 0.633. The molecule has 1 atom stereocenters. The van der Waals surface area contributed by atoms with E-state index in [1.165, 1.54) is 12.5 Å². The van der Waals surface area contributed by atoms with Crippen molar-refractivity contribution in [2.45, 2.75) is 26.1 Å². The lowest BCUT2D eigenvalue weighted by Crippen LogP contribution is -2.49. The van der Waals surface area contributed by atoms with Crippen molar-refractivity contribution in [3.8, 4) is 0 Å². The fourth-order valence-electron chi connectivity index (χ4n) is 4.13. The smallest absolute Gasteiger partial charge is 0.341 e. The van der Waals surface area contributed by atoms with Crippen LogP contribution in [0.5, 0.6) is 0 Å². The van der Waals surface area contributed by atoms with E-state index in [-0.39, 0.29) is 10.9 Å². The second-order valence-corrected chi connectivity index (χ2v) is 7.84. The van der Waals surface area contributed by atoms with Crippen LogP contribution in [0.4, 0.5) is 10.1 Å². The number of nitrogens with zero attached hydrogens (tertiary/aromatic N) is 6. The maximum Gasteiger partial charge on any atom is 0.341 e. The fraction of sp³-hybridized carbons (Fsp3) is 0.429. The van der Waals surface area contributed by atoms with Gasteiger partial charge in [0.1, 0.15) is 24.0 Å². The summed E-state index contributed by atoms with van der Waals surface area (Å²) in [6.07, 6.45) is 3.69. The number of hydrogen-bond acceptors (Lipinski definition) is 7. The molecule has 0 amide bonds. The Kier molecular flexibility index (Phi) is 6.19. The minimum absolute atomic E-state index is 0.0582. The van der Waals surface area contributed by atoms with Crippen LogP contribution >= 0.6 is 0 Å². The number of fused-ring (bicyclic) bond motifs is 1. The minimum Gasteiger partial charge on any atom is -0.477 e. The molecule has 3 heterocycles. The van der Waals surface area contributed by atoms with Gasteiger partial charge >= 0.3 is 5.97 Å². The monoisotopic (exact) mass is 444 g/mol. The van der Waals surface area contributed by atoms with Crippen LogP contribution < -0.4 is 10.3 Å². The van der Waals surface area contributed by atoms with Crippen LogP contribution in [0.3, 0.4) is 0 Å². The molecule has 1 unspecified atom stereocenters. The van der Waals surface area contributed by atoms with E-state index < -0.39 is 23.3 Å². The van der Waals surface area contributed by atoms with E-state index in [0.29, 0.717) is 57.0 Å². The Balaban J connectivity index is 1.51. The molecule has 0 aliphatic carbocycles. The third kappa shape index (κ3) is 4.34. The number of aromatic nitrogens is 4. The zero-order chi connectivity index (χ0) is 22.8. The quantitative estimate of drug-likeness (QED) is 0.545. The molecule has 1 aromatic carbocycles. The second-order valence-electron chi connectivity index (χ2n) is 7.84. The van der Waals surface area contributed by atoms with E-state index in [2.05, 4.69) is 15.0 Å². The van der Waals surface area contributed by atoms with Crippen LogP contribution in [0.2, 0.25) is 0 Å². The van der Waals surface area contributed by atoms with Gasteiger partial charge < -0.3 is 19.7 Å². The summed E-state index contributed by atoms with van der Waals surface area (Å²) in [5, 5.41) is 23.6. The Bertz CT molecular complexity index is 1170. The number of rotatable bonds is 7. The molecule has 1 fully saturated rings. The highest BCUT2D eigenvalue weighted by Crippen LogP contribution is 2.26. The van der Waals surface area contributed by atoms with Gasteiger partial charge in [0.2, 0.25) is 5.43 Å². The van der Waals surface area contributed by atoms with Crippen LogP contribution in [0.25, 0.3) is 10.9 Å². The first kappa shape index (κ1) is 21.9. The summed E-state index contributed by atoms with van der Waals surface area (Å²) < 4.78 is 18.2. The van der Waals surface area contributed by atoms with Gasteiger partial charge in [0.25, 0.3) is 0 Å². The lowest BCUT2D eigenvalue weighted by atomic mass is 10.1. The lowest BCUT2D eigenvalue weighted by molar-refractivity contribution is 0.0694. The van der Waals surface area contributed by atoms with Crippen molar-refractivity contribution in [1.29, 1.82) is 0 Å². The van der Waals surface area contributed by atoms with Crippen molar-refractivity contribution >= 4 is 22.6 Å². The highest BCUT2D eigenvalue weighted by molar-refractivity contribution is 5.93. The molecule has 11 heteroatoms. The molecule has 10 nitrogen and oxygen atoms in total. The molecule has 2 N–H and O–H groups in total. The Labute approximate surface area is 183 Å². The standard InChI is InChI=1S/C21H25FN6O4/c1-2-26-11-16(21(31)32)20(30)15-7-17(22)19(8-18(15)26)27-5-3-25(4-6-27)9-14(29)10-28-13-23-12-24-28/h7-8,11-14,29H,2-6,9-10H2,1H3,(H,31,32). The van der Waals surface area contributed by atoms with Crippen LogP contribution in [0.15, 0.2) is 35.8 Å². The van der Waals surface area contributed by atoms with E-state index in [9.17, 15) is 24.2 Å². The summed E-state index contributed by atoms with van der Waals surface area (Å²) >= 11 is 0. The maximum absolute atomic E-state index is 15.0. The molecular weight excluding hydrogens is 419 g/mol. The average molecular weight is 444 g/mol. The molecule has 0 saturated carbocycles. The van der Waals surface area contributed by atoms with Crippen LogP contribution in [-0.2, 0) is 13.1 Å². The maximum atomic E-state index is 15.0. The predicted molar refractivity (Wildman–Crippen MR) is 115 cm³/mol. The molecular formula is C21H25FN6O4. The summed E-state index contributed by atoms with van der Waals surface area (Å²) in [4.78, 5) is 31.8. The average Bonchev–Trinajstić information content (AvgIpc) is 3.27. The van der Waals surface area contributed by atoms with Crippen molar-refractivity contribution in [1.82, 2.24) is 24.2 Å². The minimum atomic E-state index is -1.33. The Morgan fingerprint density at radius 1 is 1.22 bits per heavy atom. The van der Waals surface area contributed by atoms with Crippen molar-refractivity contribution in [2.24, 2.45) is 0 Å². The van der Waals surface area contributed by atoms with Crippen molar-refractivity contribution in [2.75, 3.05) is 37.6 Å². The van der Waals surface area contributed by atoms with Gasteiger partial charge in [-0.05, 0) is 19.1 Å². The third-order valence-electron chi connectivity index (χ3n) is 5.77. The molecule has 4 rings (SSSR count). The summed E-state index contributed by atoms with van der Waals surface area (Å²) in [6, 6.07) is 2.76. The van der Waals surface area contributed by atoms with Gasteiger partial charge in [-0.1, -0.05) is 0 Å². The number of carboxylic acid groups (broad SMARTS) is 1. The normalized spacial score (nSPS) is 15.9. The first-order chi connectivity index (χ1) is 15.4. The summed E-state index contributed by atoms with van der Waals surface area (Å²) in [7, 11) is 0. The van der Waals surface area contributed by atoms with Gasteiger partial charge in [-0.3, -0.25) is 14.4 Å². The number of aromatic carboxylic acids is 1. The van der Waals surface area contributed by atoms with Gasteiger partial charge in [-0.2, -0.15) is 5.10 Å². The summed E-state index contributed by atoms with van der Waals surface area (Å²) in [5.74, 6) is -1.88. The molecule has 170 valence electrons. The van der Waals surface area contributed by atoms with Gasteiger partial charge in [0.05, 0.1) is 23.9 Å². The first-order valence-corrected chi connectivity index (χ1v) is 10.4. The number of pyridine rings is 1. The number of hydrogen-bond donors (Lipinski definition) is 2. The van der Waals surface area contributed by atoms with Crippen molar-refractivity contribution in [3.05, 3.63) is 52.6 Å². The number of carbonyl (C=O) groups is 1. The first-order valence-electron chi connectivity index (χ1n) is 10.4. The van der Waals surface area contributed by atoms with E-state index in [0.717, 1.165) is 6.07 Å². The van der Waals surface area contributed by atoms with E-state index >= 15 is 0 Å². The van der Waals surface area contributed by atoms with Crippen molar-refractivity contribution < 1.29 is 19.4 Å². The van der Waals surface area contributed by atoms with Gasteiger partial charge in [0.15, 0.2) is 0 Å². The fourth-order valence-corrected chi connectivity index (χ4v) is 4.13. The van der Waals surface area contributed by atoms with Gasteiger partial charge in [0, 0.05) is 50.9 Å². The summed E-state index contributed by atoms with van der Waals surface area (Å²) in [5.41, 5.74) is -0.173. The number of carboxylic acids is 1. The Hall–Kier alpha value is -3.31. The third-order valence-corrected chi connectivity index (χ3v) is 5.77. The Morgan fingerprint density at radius 3 is 2.59 bits per heavy atom. The molecule has 1 saturated heterocycles. The zero-order valence-corrected chi connectivity index (χ0v) is 17.7. The van der Waals surface area contributed by atoms with Crippen LogP contribution in [0, 0.1) is 5.82 Å². The Morgan fingerprint density at radius 2 is 1.97 bits per heavy atom. The van der Waals surface area contributed by atoms with E-state index in [1.807, 2.05) is 11.8 Å². The van der Waals surface area contributed by atoms with Crippen LogP contribution in [0.1, 0.15) is 17.3 Å². The number of aliphatic hydroxyl groups excluding tert-OH is 1. The number of piperazine rings is 1. The molecule has 32 heavy (non-hydrogen) atoms. The lowest BCUT2D eigenvalue weighted by Gasteiger charge is -2.37. The number of anilines is 1. The highest BCUT2D eigenvalue weighted by Gasteiger charge is 2.23. The molecule has 1 aliphatic heterocycles. The zero-order valence-electron chi connectivity index (χ0n) is 17.7. The number of benzene rings is 1. The second kappa shape index (κ2) is 9.05. The molecule has 2 aromatic heterocycles.